The van der Waals surface area contributed by atoms with E-state index in [0.29, 0.717) is 28.4 Å². The molecule has 0 aliphatic carbocycles. The maximum absolute atomic E-state index is 13.3. The fraction of sp³-hybridized carbons (Fsp3) is 0.250. The highest BCUT2D eigenvalue weighted by Gasteiger charge is 2.21. The molecule has 0 atom stereocenters. The summed E-state index contributed by atoms with van der Waals surface area (Å²) in [5.41, 5.74) is 1.74. The lowest BCUT2D eigenvalue weighted by Gasteiger charge is -2.03. The SMILES string of the molecule is COCc1nc2nnc3c(CC(=O)OC)nn(-c4ccc(F)cc4)c3n2n1. The van der Waals surface area contributed by atoms with Crippen molar-refractivity contribution in [2.45, 2.75) is 13.0 Å². The summed E-state index contributed by atoms with van der Waals surface area (Å²) in [5, 5.41) is 17.0. The summed E-state index contributed by atoms with van der Waals surface area (Å²) in [5.74, 6) is -0.178. The molecule has 138 valence electrons. The van der Waals surface area contributed by atoms with Gasteiger partial charge in [0.25, 0.3) is 5.78 Å². The second-order valence-electron chi connectivity index (χ2n) is 5.63. The third kappa shape index (κ3) is 2.97. The van der Waals surface area contributed by atoms with Crippen LogP contribution in [-0.4, -0.2) is 54.8 Å². The monoisotopic (exact) mass is 371 g/mol. The number of rotatable bonds is 5. The molecule has 0 spiro atoms. The molecule has 0 aliphatic rings. The van der Waals surface area contributed by atoms with Gasteiger partial charge < -0.3 is 9.47 Å². The third-order valence-electron chi connectivity index (χ3n) is 3.86. The zero-order chi connectivity index (χ0) is 19.0. The van der Waals surface area contributed by atoms with Crippen LogP contribution in [0.1, 0.15) is 11.5 Å². The van der Waals surface area contributed by atoms with Crippen molar-refractivity contribution in [2.75, 3.05) is 14.2 Å². The van der Waals surface area contributed by atoms with Gasteiger partial charge in [-0.05, 0) is 24.3 Å². The van der Waals surface area contributed by atoms with E-state index >= 15 is 0 Å². The summed E-state index contributed by atoms with van der Waals surface area (Å²) in [7, 11) is 2.82. The highest BCUT2D eigenvalue weighted by atomic mass is 19.1. The van der Waals surface area contributed by atoms with E-state index in [9.17, 15) is 9.18 Å². The summed E-state index contributed by atoms with van der Waals surface area (Å²) >= 11 is 0. The molecular weight excluding hydrogens is 357 g/mol. The zero-order valence-corrected chi connectivity index (χ0v) is 14.5. The van der Waals surface area contributed by atoms with Gasteiger partial charge in [0.15, 0.2) is 17.0 Å². The summed E-state index contributed by atoms with van der Waals surface area (Å²) in [6.45, 7) is 0.199. The van der Waals surface area contributed by atoms with Crippen molar-refractivity contribution in [1.29, 1.82) is 0 Å². The topological polar surface area (TPSA) is 109 Å². The number of benzene rings is 1. The number of halogens is 1. The van der Waals surface area contributed by atoms with Gasteiger partial charge in [-0.3, -0.25) is 4.79 Å². The van der Waals surface area contributed by atoms with Crippen LogP contribution in [0.15, 0.2) is 24.3 Å². The number of fused-ring (bicyclic) bond motifs is 3. The number of ether oxygens (including phenoxy) is 2. The summed E-state index contributed by atoms with van der Waals surface area (Å²) in [6, 6.07) is 5.74. The highest BCUT2D eigenvalue weighted by Crippen LogP contribution is 2.21. The maximum Gasteiger partial charge on any atom is 0.311 e. The zero-order valence-electron chi connectivity index (χ0n) is 14.5. The molecule has 0 N–H and O–H groups in total. The van der Waals surface area contributed by atoms with Crippen LogP contribution in [0.3, 0.4) is 0 Å². The van der Waals surface area contributed by atoms with E-state index in [4.69, 9.17) is 9.47 Å². The van der Waals surface area contributed by atoms with Crippen molar-refractivity contribution >= 4 is 22.9 Å². The van der Waals surface area contributed by atoms with Gasteiger partial charge in [0.1, 0.15) is 18.1 Å². The van der Waals surface area contributed by atoms with E-state index in [-0.39, 0.29) is 24.6 Å². The standard InChI is InChI=1S/C16H14FN7O3/c1-26-8-12-18-16-20-19-14-11(7-13(25)27-2)21-23(15(14)24(16)22-12)10-5-3-9(17)4-6-10/h3-6H,7-8H2,1-2H3. The fourth-order valence-corrected chi connectivity index (χ4v) is 2.66. The molecule has 27 heavy (non-hydrogen) atoms. The Morgan fingerprint density at radius 2 is 1.93 bits per heavy atom. The Kier molecular flexibility index (Phi) is 4.20. The van der Waals surface area contributed by atoms with Crippen molar-refractivity contribution in [3.8, 4) is 5.69 Å². The summed E-state index contributed by atoms with van der Waals surface area (Å²) in [6.07, 6.45) is -0.0962. The quantitative estimate of drug-likeness (QED) is 0.475. The predicted octanol–water partition coefficient (Wildman–Crippen LogP) is 0.859. The number of aromatic nitrogens is 7. The van der Waals surface area contributed by atoms with Crippen molar-refractivity contribution in [3.05, 3.63) is 41.6 Å². The first kappa shape index (κ1) is 17.0. The number of carbonyl (C=O) groups is 1. The molecule has 11 heteroatoms. The van der Waals surface area contributed by atoms with Crippen LogP contribution in [0.5, 0.6) is 0 Å². The summed E-state index contributed by atoms with van der Waals surface area (Å²) in [4.78, 5) is 16.0. The van der Waals surface area contributed by atoms with Crippen molar-refractivity contribution in [2.24, 2.45) is 0 Å². The Labute approximate surface area is 151 Å². The lowest BCUT2D eigenvalue weighted by Crippen LogP contribution is -2.06. The molecule has 3 aromatic heterocycles. The minimum absolute atomic E-state index is 0.0962. The van der Waals surface area contributed by atoms with E-state index < -0.39 is 5.97 Å². The smallest absolute Gasteiger partial charge is 0.311 e. The molecular formula is C16H14FN7O3. The molecule has 4 rings (SSSR count). The van der Waals surface area contributed by atoms with Crippen LogP contribution < -0.4 is 0 Å². The lowest BCUT2D eigenvalue weighted by molar-refractivity contribution is -0.139. The Morgan fingerprint density at radius 3 is 2.63 bits per heavy atom. The minimum atomic E-state index is -0.471. The molecule has 4 aromatic rings. The van der Waals surface area contributed by atoms with Gasteiger partial charge in [-0.2, -0.15) is 14.6 Å². The molecule has 0 bridgehead atoms. The van der Waals surface area contributed by atoms with Gasteiger partial charge in [0.05, 0.1) is 19.2 Å². The Balaban J connectivity index is 1.99. The van der Waals surface area contributed by atoms with Gasteiger partial charge in [0.2, 0.25) is 0 Å². The average molecular weight is 371 g/mol. The average Bonchev–Trinajstić information content (AvgIpc) is 3.23. The largest absolute Gasteiger partial charge is 0.469 e. The van der Waals surface area contributed by atoms with Crippen LogP contribution in [-0.2, 0) is 27.3 Å². The maximum atomic E-state index is 13.3. The number of nitrogens with zero attached hydrogens (tertiary/aromatic N) is 7. The number of methoxy groups -OCH3 is 2. The molecule has 3 heterocycles. The number of hydrogen-bond acceptors (Lipinski definition) is 8. The second-order valence-corrected chi connectivity index (χ2v) is 5.63. The van der Waals surface area contributed by atoms with Crippen molar-refractivity contribution in [3.63, 3.8) is 0 Å². The van der Waals surface area contributed by atoms with Gasteiger partial charge >= 0.3 is 5.97 Å². The molecule has 0 saturated carbocycles. The first-order valence-electron chi connectivity index (χ1n) is 7.92. The first-order chi connectivity index (χ1) is 13.1. The second kappa shape index (κ2) is 6.68. The fourth-order valence-electron chi connectivity index (χ4n) is 2.66. The molecule has 0 aliphatic heterocycles. The van der Waals surface area contributed by atoms with Crippen LogP contribution in [0.2, 0.25) is 0 Å². The number of carbonyl (C=O) groups excluding carboxylic acids is 1. The normalized spacial score (nSPS) is 11.4. The first-order valence-corrected chi connectivity index (χ1v) is 7.92. The minimum Gasteiger partial charge on any atom is -0.469 e. The van der Waals surface area contributed by atoms with E-state index in [0.717, 1.165) is 0 Å². The van der Waals surface area contributed by atoms with Crippen LogP contribution >= 0.6 is 0 Å². The van der Waals surface area contributed by atoms with Gasteiger partial charge in [0, 0.05) is 7.11 Å². The van der Waals surface area contributed by atoms with Crippen LogP contribution in [0, 0.1) is 5.82 Å². The Hall–Kier alpha value is -3.47. The van der Waals surface area contributed by atoms with Gasteiger partial charge in [-0.15, -0.1) is 15.3 Å². The van der Waals surface area contributed by atoms with E-state index in [1.807, 2.05) is 0 Å². The van der Waals surface area contributed by atoms with Gasteiger partial charge in [-0.25, -0.2) is 9.07 Å². The third-order valence-corrected chi connectivity index (χ3v) is 3.86. The lowest BCUT2D eigenvalue weighted by atomic mass is 10.3. The predicted molar refractivity (Wildman–Crippen MR) is 89.6 cm³/mol. The molecule has 0 amide bonds. The van der Waals surface area contributed by atoms with E-state index in [1.54, 1.807) is 12.1 Å². The molecule has 0 saturated heterocycles. The molecule has 0 fully saturated rings. The molecule has 1 aromatic carbocycles. The molecule has 10 nitrogen and oxygen atoms in total. The molecule has 0 unspecified atom stereocenters. The van der Waals surface area contributed by atoms with Crippen LogP contribution in [0.25, 0.3) is 22.6 Å². The highest BCUT2D eigenvalue weighted by molar-refractivity contribution is 5.82. The van der Waals surface area contributed by atoms with Crippen molar-refractivity contribution < 1.29 is 18.7 Å². The van der Waals surface area contributed by atoms with Gasteiger partial charge in [-0.1, -0.05) is 0 Å². The Morgan fingerprint density at radius 1 is 1.15 bits per heavy atom. The summed E-state index contributed by atoms with van der Waals surface area (Å²) < 4.78 is 26.1. The number of hydrogen-bond donors (Lipinski definition) is 0. The van der Waals surface area contributed by atoms with E-state index in [1.165, 1.54) is 35.5 Å². The molecule has 0 radical (unpaired) electrons. The number of esters is 1. The van der Waals surface area contributed by atoms with Crippen LogP contribution in [0.4, 0.5) is 4.39 Å². The Bertz CT molecular complexity index is 1140. The van der Waals surface area contributed by atoms with E-state index in [2.05, 4.69) is 25.4 Å². The van der Waals surface area contributed by atoms with Crippen molar-refractivity contribution in [1.82, 2.24) is 34.6 Å².